The maximum absolute atomic E-state index is 12.4. The number of hydrogen-bond acceptors (Lipinski definition) is 13. The van der Waals surface area contributed by atoms with Crippen molar-refractivity contribution in [3.63, 3.8) is 0 Å². The molecule has 2 aliphatic rings. The number of aliphatic carboxylic acids is 1. The second kappa shape index (κ2) is 12.7. The zero-order valence-electron chi connectivity index (χ0n) is 20.5. The fourth-order valence-electron chi connectivity index (χ4n) is 4.66. The Hall–Kier alpha value is -1.99. The predicted octanol–water partition coefficient (Wildman–Crippen LogP) is -5.47. The lowest BCUT2D eigenvalue weighted by Gasteiger charge is -2.49. The number of methoxy groups -OCH3 is 1. The van der Waals surface area contributed by atoms with E-state index in [1.54, 1.807) is 0 Å². The molecule has 0 radical (unpaired) electrons. The van der Waals surface area contributed by atoms with Crippen LogP contribution in [0.4, 0.5) is 0 Å². The number of aliphatic hydroxyl groups is 7. The molecule has 2 fully saturated rings. The van der Waals surface area contributed by atoms with Gasteiger partial charge in [0.2, 0.25) is 11.8 Å². The van der Waals surface area contributed by atoms with Crippen LogP contribution in [-0.2, 0) is 28.6 Å². The highest BCUT2D eigenvalue weighted by Crippen LogP contribution is 2.38. The number of nitrogens with one attached hydrogen (secondary N) is 2. The van der Waals surface area contributed by atoms with Crippen LogP contribution in [0.5, 0.6) is 0 Å². The van der Waals surface area contributed by atoms with Gasteiger partial charge in [0, 0.05) is 33.8 Å². The minimum absolute atomic E-state index is 0.557. The van der Waals surface area contributed by atoms with E-state index in [4.69, 9.17) is 14.2 Å². The lowest BCUT2D eigenvalue weighted by molar-refractivity contribution is -0.277. The SMILES string of the molecule is CO[C@H]1O[C@H](CC(O)[C@]2(C(=O)O)C[C@H](O)[C@@H](NC(C)=O)[C@H]([C@H](O)[C@H](O)CO)O2)[C@H](O)[C@H](O)[C@H]1NC(C)=O. The van der Waals surface area contributed by atoms with Gasteiger partial charge < -0.3 is 65.7 Å². The van der Waals surface area contributed by atoms with Crippen LogP contribution in [0.3, 0.4) is 0 Å². The van der Waals surface area contributed by atoms with Gasteiger partial charge in [0.15, 0.2) is 11.9 Å². The Morgan fingerprint density at radius 2 is 1.59 bits per heavy atom. The van der Waals surface area contributed by atoms with E-state index >= 15 is 0 Å². The Balaban J connectivity index is 2.36. The Morgan fingerprint density at radius 1 is 1.03 bits per heavy atom. The molecule has 1 unspecified atom stereocenters. The van der Waals surface area contributed by atoms with Gasteiger partial charge in [-0.1, -0.05) is 0 Å². The summed E-state index contributed by atoms with van der Waals surface area (Å²) in [6, 6.07) is -2.62. The number of carboxylic acid groups (broad SMARTS) is 1. The molecule has 0 aromatic carbocycles. The van der Waals surface area contributed by atoms with Crippen LogP contribution in [0, 0.1) is 0 Å². The molecular formula is C21H36N2O14. The van der Waals surface area contributed by atoms with E-state index in [1.165, 1.54) is 7.11 Å². The minimum Gasteiger partial charge on any atom is -0.479 e. The number of amides is 2. The molecular weight excluding hydrogens is 504 g/mol. The summed E-state index contributed by atoms with van der Waals surface area (Å²) in [5.41, 5.74) is -2.65. The first-order valence-corrected chi connectivity index (χ1v) is 11.5. The first kappa shape index (κ1) is 31.2. The van der Waals surface area contributed by atoms with E-state index in [-0.39, 0.29) is 0 Å². The van der Waals surface area contributed by atoms with Crippen molar-refractivity contribution in [2.45, 2.75) is 99.5 Å². The van der Waals surface area contributed by atoms with E-state index in [9.17, 15) is 55.2 Å². The minimum atomic E-state index is -2.65. The summed E-state index contributed by atoms with van der Waals surface area (Å²) in [5, 5.41) is 87.1. The topological polar surface area (TPSA) is 265 Å². The third kappa shape index (κ3) is 6.72. The third-order valence-electron chi connectivity index (χ3n) is 6.57. The number of carbonyl (C=O) groups excluding carboxylic acids is 2. The van der Waals surface area contributed by atoms with Gasteiger partial charge in [-0.05, 0) is 0 Å². The fraction of sp³-hybridized carbons (Fsp3) is 0.857. The fourth-order valence-corrected chi connectivity index (χ4v) is 4.66. The summed E-state index contributed by atoms with van der Waals surface area (Å²) in [7, 11) is 1.19. The average Bonchev–Trinajstić information content (AvgIpc) is 2.83. The maximum atomic E-state index is 12.4. The molecule has 12 atom stereocenters. The number of rotatable bonds is 10. The molecule has 0 aromatic rings. The molecule has 16 nitrogen and oxygen atoms in total. The summed E-state index contributed by atoms with van der Waals surface area (Å²) >= 11 is 0. The standard InChI is InChI=1S/C21H36N2O14/c1-7(25)22-13-9(27)5-21(20(33)34,37-18(13)15(30)10(28)6-24)12(29)4-11-16(31)17(32)14(23-8(2)26)19(35-3)36-11/h9-19,24,27-32H,4-6H2,1-3H3,(H,22,25)(H,23,26)(H,33,34)/t9-,10+,11+,12?,13+,14+,15+,16-,17+,18+,19-,21-/m0/s1. The normalized spacial score (nSPS) is 38.8. The van der Waals surface area contributed by atoms with Crippen LogP contribution in [0.2, 0.25) is 0 Å². The molecule has 10 N–H and O–H groups in total. The molecule has 2 saturated heterocycles. The van der Waals surface area contributed by atoms with Gasteiger partial charge in [-0.3, -0.25) is 9.59 Å². The number of aliphatic hydroxyl groups excluding tert-OH is 7. The van der Waals surface area contributed by atoms with Gasteiger partial charge in [0.05, 0.1) is 31.0 Å². The van der Waals surface area contributed by atoms with Crippen molar-refractivity contribution < 1.29 is 69.4 Å². The second-order valence-electron chi connectivity index (χ2n) is 9.25. The van der Waals surface area contributed by atoms with E-state index in [0.717, 1.165) is 13.8 Å². The molecule has 0 saturated carbocycles. The van der Waals surface area contributed by atoms with Gasteiger partial charge in [0.25, 0.3) is 0 Å². The quantitative estimate of drug-likeness (QED) is 0.124. The van der Waals surface area contributed by atoms with Crippen LogP contribution in [-0.4, -0.2) is 145 Å². The van der Waals surface area contributed by atoms with Gasteiger partial charge in [-0.2, -0.15) is 0 Å². The Bertz CT molecular complexity index is 814. The highest BCUT2D eigenvalue weighted by atomic mass is 16.7. The van der Waals surface area contributed by atoms with E-state index in [2.05, 4.69) is 10.6 Å². The molecule has 2 amide bonds. The molecule has 16 heteroatoms. The molecule has 37 heavy (non-hydrogen) atoms. The predicted molar refractivity (Wildman–Crippen MR) is 118 cm³/mol. The average molecular weight is 541 g/mol. The van der Waals surface area contributed by atoms with Crippen molar-refractivity contribution in [1.29, 1.82) is 0 Å². The van der Waals surface area contributed by atoms with Gasteiger partial charge in [0.1, 0.15) is 36.6 Å². The smallest absolute Gasteiger partial charge is 0.338 e. The van der Waals surface area contributed by atoms with Crippen molar-refractivity contribution in [3.05, 3.63) is 0 Å². The van der Waals surface area contributed by atoms with Crippen LogP contribution in [0.25, 0.3) is 0 Å². The van der Waals surface area contributed by atoms with E-state index in [1.807, 2.05) is 0 Å². The first-order chi connectivity index (χ1) is 17.2. The number of hydrogen-bond donors (Lipinski definition) is 10. The first-order valence-electron chi connectivity index (χ1n) is 11.5. The summed E-state index contributed by atoms with van der Waals surface area (Å²) in [5.74, 6) is -3.03. The zero-order valence-corrected chi connectivity index (χ0v) is 20.5. The lowest BCUT2D eigenvalue weighted by atomic mass is 9.78. The van der Waals surface area contributed by atoms with Crippen LogP contribution in [0.1, 0.15) is 26.7 Å². The summed E-state index contributed by atoms with van der Waals surface area (Å²) in [4.78, 5) is 35.5. The molecule has 0 aliphatic carbocycles. The van der Waals surface area contributed by atoms with E-state index < -0.39 is 110 Å². The molecule has 0 bridgehead atoms. The van der Waals surface area contributed by atoms with E-state index in [0.29, 0.717) is 0 Å². The molecule has 2 aliphatic heterocycles. The number of carboxylic acids is 1. The summed E-state index contributed by atoms with van der Waals surface area (Å²) in [6.07, 6.45) is -17.1. The van der Waals surface area contributed by atoms with Crippen molar-refractivity contribution in [2.75, 3.05) is 13.7 Å². The number of ether oxygens (including phenoxy) is 3. The summed E-state index contributed by atoms with van der Waals surface area (Å²) < 4.78 is 16.2. The monoisotopic (exact) mass is 540 g/mol. The Morgan fingerprint density at radius 3 is 2.08 bits per heavy atom. The highest BCUT2D eigenvalue weighted by Gasteiger charge is 2.59. The lowest BCUT2D eigenvalue weighted by Crippen LogP contribution is -2.70. The Labute approximate surface area is 211 Å². The van der Waals surface area contributed by atoms with Crippen LogP contribution < -0.4 is 10.6 Å². The second-order valence-corrected chi connectivity index (χ2v) is 9.25. The molecule has 2 heterocycles. The van der Waals surface area contributed by atoms with Gasteiger partial charge in [-0.15, -0.1) is 0 Å². The van der Waals surface area contributed by atoms with Crippen molar-refractivity contribution in [3.8, 4) is 0 Å². The van der Waals surface area contributed by atoms with Crippen molar-refractivity contribution in [1.82, 2.24) is 10.6 Å². The van der Waals surface area contributed by atoms with Crippen molar-refractivity contribution >= 4 is 17.8 Å². The maximum Gasteiger partial charge on any atom is 0.338 e. The summed E-state index contributed by atoms with van der Waals surface area (Å²) in [6.45, 7) is 1.28. The largest absolute Gasteiger partial charge is 0.479 e. The molecule has 0 aromatic heterocycles. The van der Waals surface area contributed by atoms with Gasteiger partial charge in [-0.25, -0.2) is 4.79 Å². The van der Waals surface area contributed by atoms with Crippen LogP contribution in [0.15, 0.2) is 0 Å². The highest BCUT2D eigenvalue weighted by molar-refractivity contribution is 5.79. The zero-order chi connectivity index (χ0) is 28.2. The number of carbonyl (C=O) groups is 3. The van der Waals surface area contributed by atoms with Gasteiger partial charge >= 0.3 is 5.97 Å². The molecule has 214 valence electrons. The molecule has 2 rings (SSSR count). The third-order valence-corrected chi connectivity index (χ3v) is 6.57. The van der Waals surface area contributed by atoms with Crippen molar-refractivity contribution in [2.24, 2.45) is 0 Å². The Kier molecular flexibility index (Phi) is 10.7. The molecule has 0 spiro atoms. The van der Waals surface area contributed by atoms with Crippen LogP contribution >= 0.6 is 0 Å².